The Kier molecular flexibility index (Phi) is 10.6. The lowest BCUT2D eigenvalue weighted by atomic mass is 9.91. The molecule has 232 valence electrons. The number of hydrogen-bond acceptors (Lipinski definition) is 4. The Morgan fingerprint density at radius 2 is 0.905 bits per heavy atom. The summed E-state index contributed by atoms with van der Waals surface area (Å²) in [7, 11) is 0. The van der Waals surface area contributed by atoms with Gasteiger partial charge in [-0.15, -0.1) is 0 Å². The molecule has 2 heterocycles. The van der Waals surface area contributed by atoms with Crippen LogP contribution in [0.4, 0.5) is 26.3 Å². The predicted molar refractivity (Wildman–Crippen MR) is 146 cm³/mol. The van der Waals surface area contributed by atoms with Crippen LogP contribution in [0.15, 0.2) is 30.3 Å². The van der Waals surface area contributed by atoms with Crippen LogP contribution in [-0.4, -0.2) is 26.4 Å². The molecule has 0 unspecified atom stereocenters. The van der Waals surface area contributed by atoms with Gasteiger partial charge in [0.1, 0.15) is 28.8 Å². The third-order valence-electron chi connectivity index (χ3n) is 8.76. The highest BCUT2D eigenvalue weighted by molar-refractivity contribution is 9.09. The van der Waals surface area contributed by atoms with E-state index in [1.807, 2.05) is 15.9 Å². The molecule has 0 spiro atoms. The fourth-order valence-corrected chi connectivity index (χ4v) is 6.91. The van der Waals surface area contributed by atoms with E-state index in [4.69, 9.17) is 18.9 Å². The summed E-state index contributed by atoms with van der Waals surface area (Å²) in [5.74, 6) is -1.88. The van der Waals surface area contributed by atoms with Crippen molar-refractivity contribution in [2.75, 3.05) is 26.4 Å². The van der Waals surface area contributed by atoms with Gasteiger partial charge in [-0.2, -0.15) is 8.78 Å². The molecule has 2 aromatic rings. The smallest absolute Gasteiger partial charge is 0.332 e. The Balaban J connectivity index is 0.000000171. The van der Waals surface area contributed by atoms with E-state index in [9.17, 15) is 26.3 Å². The van der Waals surface area contributed by atoms with Gasteiger partial charge in [0, 0.05) is 29.0 Å². The minimum Gasteiger partial charge on any atom is -0.348 e. The molecule has 4 nitrogen and oxygen atoms in total. The van der Waals surface area contributed by atoms with Gasteiger partial charge in [-0.25, -0.2) is 17.6 Å². The standard InChI is InChI=1S/C16H17BrF4O2.C15H18F2O2/c17-16(20,21)14-12(18)5-10(6-13(14)19)15-22-7-11(8-23-15)9-3-1-2-4-9;16-13-5-11(6-14(17)7-13)15-18-8-12(9-19-15)10-3-1-2-4-10/h5-6,9,11,15H,1-4,7-8H2;5-7,10,12,15H,1-4,8-9H2. The molecule has 0 atom stereocenters. The number of halogens is 7. The molecule has 11 heteroatoms. The van der Waals surface area contributed by atoms with Gasteiger partial charge >= 0.3 is 4.83 Å². The van der Waals surface area contributed by atoms with Crippen LogP contribution < -0.4 is 0 Å². The molecule has 4 fully saturated rings. The van der Waals surface area contributed by atoms with Crippen LogP contribution in [0.2, 0.25) is 0 Å². The molecule has 2 saturated carbocycles. The quantitative estimate of drug-likeness (QED) is 0.236. The van der Waals surface area contributed by atoms with Gasteiger partial charge in [-0.1, -0.05) is 51.4 Å². The topological polar surface area (TPSA) is 36.9 Å². The molecular weight excluding hydrogens is 630 g/mol. The zero-order chi connectivity index (χ0) is 29.9. The molecule has 0 N–H and O–H groups in total. The first kappa shape index (κ1) is 31.8. The molecule has 6 rings (SSSR count). The first-order valence-electron chi connectivity index (χ1n) is 14.6. The van der Waals surface area contributed by atoms with Gasteiger partial charge in [-0.05, 0) is 52.0 Å². The monoisotopic (exact) mass is 664 g/mol. The van der Waals surface area contributed by atoms with E-state index < -0.39 is 46.2 Å². The fraction of sp³-hybridized carbons (Fsp3) is 0.613. The van der Waals surface area contributed by atoms with Gasteiger partial charge in [0.05, 0.1) is 26.4 Å². The highest BCUT2D eigenvalue weighted by Gasteiger charge is 2.37. The van der Waals surface area contributed by atoms with Gasteiger partial charge in [0.2, 0.25) is 0 Å². The summed E-state index contributed by atoms with van der Waals surface area (Å²) in [5.41, 5.74) is -0.811. The Hall–Kier alpha value is -1.66. The SMILES string of the molecule is Fc1cc(C2OCC(C3CCCC3)CO2)cc(F)c1C(F)(F)Br.Fc1cc(F)cc(C2OCC(C3CCCC3)CO2)c1. The maximum Gasteiger partial charge on any atom is 0.332 e. The number of alkyl halides is 3. The Bertz CT molecular complexity index is 1140. The van der Waals surface area contributed by atoms with E-state index in [1.54, 1.807) is 0 Å². The van der Waals surface area contributed by atoms with Crippen LogP contribution in [0.25, 0.3) is 0 Å². The molecule has 2 aliphatic heterocycles. The van der Waals surface area contributed by atoms with Crippen molar-refractivity contribution in [3.05, 3.63) is 70.3 Å². The summed E-state index contributed by atoms with van der Waals surface area (Å²) in [6.45, 7) is 2.14. The number of hydrogen-bond donors (Lipinski definition) is 0. The van der Waals surface area contributed by atoms with Crippen LogP contribution in [0, 0.1) is 46.9 Å². The van der Waals surface area contributed by atoms with E-state index >= 15 is 0 Å². The number of benzene rings is 2. The molecule has 42 heavy (non-hydrogen) atoms. The van der Waals surface area contributed by atoms with Crippen molar-refractivity contribution in [1.82, 2.24) is 0 Å². The van der Waals surface area contributed by atoms with Crippen molar-refractivity contribution in [1.29, 1.82) is 0 Å². The summed E-state index contributed by atoms with van der Waals surface area (Å²) in [5, 5.41) is 0. The average molecular weight is 666 g/mol. The summed E-state index contributed by atoms with van der Waals surface area (Å²) in [6, 6.07) is 5.07. The number of ether oxygens (including phenoxy) is 4. The molecule has 0 amide bonds. The van der Waals surface area contributed by atoms with Crippen molar-refractivity contribution < 1.29 is 45.3 Å². The van der Waals surface area contributed by atoms with E-state index in [1.165, 1.54) is 50.7 Å². The molecule has 2 aromatic carbocycles. The molecule has 4 aliphatic rings. The number of rotatable bonds is 5. The summed E-state index contributed by atoms with van der Waals surface area (Å²) < 4.78 is 103. The highest BCUT2D eigenvalue weighted by Crippen LogP contribution is 2.41. The second kappa shape index (κ2) is 14.0. The lowest BCUT2D eigenvalue weighted by molar-refractivity contribution is -0.213. The Morgan fingerprint density at radius 1 is 0.548 bits per heavy atom. The lowest BCUT2D eigenvalue weighted by Crippen LogP contribution is -2.31. The fourth-order valence-electron chi connectivity index (χ4n) is 6.53. The van der Waals surface area contributed by atoms with Crippen LogP contribution in [-0.2, 0) is 23.8 Å². The van der Waals surface area contributed by atoms with Crippen molar-refractivity contribution in [2.45, 2.75) is 68.8 Å². The van der Waals surface area contributed by atoms with E-state index in [2.05, 4.69) is 0 Å². The minimum absolute atomic E-state index is 0.0744. The van der Waals surface area contributed by atoms with E-state index in [-0.39, 0.29) is 11.5 Å². The van der Waals surface area contributed by atoms with Crippen molar-refractivity contribution in [3.8, 4) is 0 Å². The highest BCUT2D eigenvalue weighted by atomic mass is 79.9. The van der Waals surface area contributed by atoms with E-state index in [0.717, 1.165) is 31.0 Å². The van der Waals surface area contributed by atoms with Gasteiger partial charge < -0.3 is 18.9 Å². The zero-order valence-corrected chi connectivity index (χ0v) is 24.7. The Labute approximate surface area is 250 Å². The van der Waals surface area contributed by atoms with Crippen LogP contribution in [0.3, 0.4) is 0 Å². The lowest BCUT2D eigenvalue weighted by Gasteiger charge is -2.33. The third kappa shape index (κ3) is 7.88. The maximum atomic E-state index is 13.8. The first-order chi connectivity index (χ1) is 20.1. The molecule has 0 aromatic heterocycles. The Morgan fingerprint density at radius 3 is 1.26 bits per heavy atom. The van der Waals surface area contributed by atoms with Crippen LogP contribution >= 0.6 is 15.9 Å². The predicted octanol–water partition coefficient (Wildman–Crippen LogP) is 9.08. The second-order valence-corrected chi connectivity index (χ2v) is 12.7. The minimum atomic E-state index is -3.76. The molecule has 2 saturated heterocycles. The second-order valence-electron chi connectivity index (χ2n) is 11.7. The molecule has 0 radical (unpaired) electrons. The third-order valence-corrected chi connectivity index (χ3v) is 9.15. The largest absolute Gasteiger partial charge is 0.348 e. The zero-order valence-electron chi connectivity index (χ0n) is 23.1. The molecular formula is C31H35BrF6O4. The maximum absolute atomic E-state index is 13.8. The average Bonchev–Trinajstić information content (AvgIpc) is 3.67. The summed E-state index contributed by atoms with van der Waals surface area (Å²) >= 11 is 1.98. The van der Waals surface area contributed by atoms with Crippen molar-refractivity contribution in [2.24, 2.45) is 23.7 Å². The van der Waals surface area contributed by atoms with Gasteiger partial charge in [0.25, 0.3) is 0 Å². The van der Waals surface area contributed by atoms with Crippen LogP contribution in [0.5, 0.6) is 0 Å². The summed E-state index contributed by atoms with van der Waals surface area (Å²) in [6.07, 6.45) is 8.25. The van der Waals surface area contributed by atoms with Gasteiger partial charge in [-0.3, -0.25) is 0 Å². The van der Waals surface area contributed by atoms with Crippen molar-refractivity contribution >= 4 is 15.9 Å². The van der Waals surface area contributed by atoms with E-state index in [0.29, 0.717) is 49.7 Å². The summed E-state index contributed by atoms with van der Waals surface area (Å²) in [4.78, 5) is -3.76. The first-order valence-corrected chi connectivity index (χ1v) is 15.4. The van der Waals surface area contributed by atoms with Gasteiger partial charge in [0.15, 0.2) is 12.6 Å². The van der Waals surface area contributed by atoms with Crippen molar-refractivity contribution in [3.63, 3.8) is 0 Å². The normalized spacial score (nSPS) is 27.6. The molecule has 2 aliphatic carbocycles. The molecule has 0 bridgehead atoms. The van der Waals surface area contributed by atoms with Crippen LogP contribution in [0.1, 0.15) is 80.6 Å².